The van der Waals surface area contributed by atoms with Crippen LogP contribution in [0.15, 0.2) is 54.6 Å². The van der Waals surface area contributed by atoms with Gasteiger partial charge in [-0.15, -0.1) is 0 Å². The minimum absolute atomic E-state index is 0.107. The average Bonchev–Trinajstić information content (AvgIpc) is 3.07. The summed E-state index contributed by atoms with van der Waals surface area (Å²) in [5.41, 5.74) is -0.591. The summed E-state index contributed by atoms with van der Waals surface area (Å²) in [4.78, 5) is 12.4. The van der Waals surface area contributed by atoms with Crippen molar-refractivity contribution in [1.29, 1.82) is 0 Å². The molecule has 3 aromatic rings. The summed E-state index contributed by atoms with van der Waals surface area (Å²) in [5, 5.41) is 6.66. The van der Waals surface area contributed by atoms with Gasteiger partial charge in [-0.1, -0.05) is 24.3 Å². The van der Waals surface area contributed by atoms with E-state index in [0.29, 0.717) is 23.8 Å². The predicted molar refractivity (Wildman–Crippen MR) is 105 cm³/mol. The van der Waals surface area contributed by atoms with Crippen LogP contribution in [0.2, 0.25) is 0 Å². The maximum absolute atomic E-state index is 13.4. The number of alkyl halides is 3. The van der Waals surface area contributed by atoms with E-state index in [1.165, 1.54) is 24.3 Å². The molecule has 6 nitrogen and oxygen atoms in total. The lowest BCUT2D eigenvalue weighted by atomic mass is 10.1. The van der Waals surface area contributed by atoms with E-state index in [4.69, 9.17) is 9.47 Å². The van der Waals surface area contributed by atoms with Crippen LogP contribution in [0.1, 0.15) is 18.2 Å². The van der Waals surface area contributed by atoms with Crippen molar-refractivity contribution in [3.63, 3.8) is 0 Å². The molecule has 0 fully saturated rings. The zero-order chi connectivity index (χ0) is 21.7. The lowest BCUT2D eigenvalue weighted by molar-refractivity contribution is -0.137. The van der Waals surface area contributed by atoms with Crippen LogP contribution >= 0.6 is 0 Å². The Morgan fingerprint density at radius 3 is 2.37 bits per heavy atom. The highest BCUT2D eigenvalue weighted by molar-refractivity contribution is 5.91. The second kappa shape index (κ2) is 8.89. The minimum atomic E-state index is -4.57. The molecule has 0 aliphatic carbocycles. The molecular formula is C21H20F3N3O3. The van der Waals surface area contributed by atoms with E-state index < -0.39 is 17.6 Å². The Morgan fingerprint density at radius 1 is 1.07 bits per heavy atom. The Bertz CT molecular complexity index is 1030. The number of aryl methyl sites for hydroxylation is 1. The molecule has 0 aliphatic rings. The number of anilines is 1. The zero-order valence-electron chi connectivity index (χ0n) is 16.4. The molecule has 0 atom stereocenters. The third-order valence-corrected chi connectivity index (χ3v) is 4.04. The lowest BCUT2D eigenvalue weighted by Crippen LogP contribution is -2.22. The van der Waals surface area contributed by atoms with Crippen LogP contribution in [0.4, 0.5) is 19.0 Å². The molecule has 1 heterocycles. The van der Waals surface area contributed by atoms with E-state index in [9.17, 15) is 18.0 Å². The van der Waals surface area contributed by atoms with Crippen LogP contribution in [0, 0.1) is 6.92 Å². The fraction of sp³-hybridized carbons (Fsp3) is 0.238. The molecule has 0 saturated heterocycles. The van der Waals surface area contributed by atoms with Gasteiger partial charge in [0.2, 0.25) is 0 Å². The van der Waals surface area contributed by atoms with Crippen molar-refractivity contribution >= 4 is 11.7 Å². The molecule has 0 aliphatic heterocycles. The first kappa shape index (κ1) is 21.2. The highest BCUT2D eigenvalue weighted by Crippen LogP contribution is 2.34. The standard InChI is InChI=1S/C21H20F3N3O3/c1-3-29-17-10-6-7-11-18(17)30-13-20(28)25-19-12-14(2)26-27(19)16-9-5-4-8-15(16)21(22,23)24/h4-12H,3,13H2,1-2H3,(H,25,28). The monoisotopic (exact) mass is 419 g/mol. The molecular weight excluding hydrogens is 399 g/mol. The normalized spacial score (nSPS) is 11.2. The smallest absolute Gasteiger partial charge is 0.418 e. The average molecular weight is 419 g/mol. The molecule has 0 spiro atoms. The number of amides is 1. The number of benzene rings is 2. The number of nitrogens with one attached hydrogen (secondary N) is 1. The van der Waals surface area contributed by atoms with Gasteiger partial charge < -0.3 is 14.8 Å². The van der Waals surface area contributed by atoms with Gasteiger partial charge in [-0.25, -0.2) is 4.68 Å². The highest BCUT2D eigenvalue weighted by Gasteiger charge is 2.34. The van der Waals surface area contributed by atoms with Crippen molar-refractivity contribution in [1.82, 2.24) is 9.78 Å². The molecule has 30 heavy (non-hydrogen) atoms. The minimum Gasteiger partial charge on any atom is -0.490 e. The molecule has 0 bridgehead atoms. The van der Waals surface area contributed by atoms with Crippen LogP contribution < -0.4 is 14.8 Å². The van der Waals surface area contributed by atoms with Gasteiger partial charge in [0.05, 0.1) is 23.6 Å². The van der Waals surface area contributed by atoms with Gasteiger partial charge in [-0.2, -0.15) is 18.3 Å². The lowest BCUT2D eigenvalue weighted by Gasteiger charge is -2.15. The summed E-state index contributed by atoms with van der Waals surface area (Å²) >= 11 is 0. The van der Waals surface area contributed by atoms with Gasteiger partial charge in [0.15, 0.2) is 18.1 Å². The molecule has 0 saturated carbocycles. The van der Waals surface area contributed by atoms with Crippen LogP contribution in [0.25, 0.3) is 5.69 Å². The van der Waals surface area contributed by atoms with Crippen LogP contribution in [-0.4, -0.2) is 28.9 Å². The predicted octanol–water partition coefficient (Wildman–Crippen LogP) is 4.62. The van der Waals surface area contributed by atoms with E-state index in [-0.39, 0.29) is 18.1 Å². The summed E-state index contributed by atoms with van der Waals surface area (Å²) in [5.74, 6) is 0.442. The number of aromatic nitrogens is 2. The molecule has 1 amide bonds. The summed E-state index contributed by atoms with van der Waals surface area (Å²) in [6.45, 7) is 3.53. The summed E-state index contributed by atoms with van der Waals surface area (Å²) in [6, 6.07) is 13.4. The maximum Gasteiger partial charge on any atom is 0.418 e. The van der Waals surface area contributed by atoms with Crippen LogP contribution in [0.5, 0.6) is 11.5 Å². The Hall–Kier alpha value is -3.49. The highest BCUT2D eigenvalue weighted by atomic mass is 19.4. The number of halogens is 3. The molecule has 3 rings (SSSR count). The molecule has 9 heteroatoms. The van der Waals surface area contributed by atoms with E-state index in [2.05, 4.69) is 10.4 Å². The first-order valence-electron chi connectivity index (χ1n) is 9.17. The molecule has 0 radical (unpaired) electrons. The van der Waals surface area contributed by atoms with E-state index in [0.717, 1.165) is 10.7 Å². The van der Waals surface area contributed by atoms with Crippen molar-refractivity contribution in [3.05, 3.63) is 65.9 Å². The Labute approximate surface area is 171 Å². The van der Waals surface area contributed by atoms with Gasteiger partial charge in [-0.3, -0.25) is 4.79 Å². The number of rotatable bonds is 7. The Morgan fingerprint density at radius 2 is 1.70 bits per heavy atom. The quantitative estimate of drug-likeness (QED) is 0.607. The van der Waals surface area contributed by atoms with Crippen molar-refractivity contribution in [2.45, 2.75) is 20.0 Å². The van der Waals surface area contributed by atoms with Gasteiger partial charge in [0.1, 0.15) is 5.82 Å². The van der Waals surface area contributed by atoms with Crippen LogP contribution in [-0.2, 0) is 11.0 Å². The third kappa shape index (κ3) is 4.91. The number of ether oxygens (including phenoxy) is 2. The second-order valence-corrected chi connectivity index (χ2v) is 6.31. The van der Waals surface area contributed by atoms with Gasteiger partial charge >= 0.3 is 6.18 Å². The van der Waals surface area contributed by atoms with Gasteiger partial charge in [0.25, 0.3) is 5.91 Å². The van der Waals surface area contributed by atoms with Crippen molar-refractivity contribution in [3.8, 4) is 17.2 Å². The summed E-state index contributed by atoms with van der Waals surface area (Å²) < 4.78 is 52.2. The second-order valence-electron chi connectivity index (χ2n) is 6.31. The van der Waals surface area contributed by atoms with E-state index >= 15 is 0 Å². The number of para-hydroxylation sites is 3. The van der Waals surface area contributed by atoms with Crippen molar-refractivity contribution in [2.75, 3.05) is 18.5 Å². The number of nitrogens with zero attached hydrogens (tertiary/aromatic N) is 2. The number of carbonyl (C=O) groups excluding carboxylic acids is 1. The van der Waals surface area contributed by atoms with Crippen molar-refractivity contribution < 1.29 is 27.4 Å². The first-order chi connectivity index (χ1) is 14.3. The van der Waals surface area contributed by atoms with Gasteiger partial charge in [-0.05, 0) is 38.1 Å². The third-order valence-electron chi connectivity index (χ3n) is 4.04. The molecule has 2 aromatic carbocycles. The Kier molecular flexibility index (Phi) is 6.29. The number of carbonyl (C=O) groups is 1. The summed E-state index contributed by atoms with van der Waals surface area (Å²) in [6.07, 6.45) is -4.57. The molecule has 0 unspecified atom stereocenters. The fourth-order valence-corrected chi connectivity index (χ4v) is 2.84. The van der Waals surface area contributed by atoms with E-state index in [1.807, 2.05) is 6.92 Å². The zero-order valence-corrected chi connectivity index (χ0v) is 16.4. The number of hydrogen-bond acceptors (Lipinski definition) is 4. The largest absolute Gasteiger partial charge is 0.490 e. The Balaban J connectivity index is 1.79. The first-order valence-corrected chi connectivity index (χ1v) is 9.17. The molecule has 158 valence electrons. The topological polar surface area (TPSA) is 65.4 Å². The van der Waals surface area contributed by atoms with Crippen LogP contribution in [0.3, 0.4) is 0 Å². The maximum atomic E-state index is 13.4. The van der Waals surface area contributed by atoms with Gasteiger partial charge in [0, 0.05) is 6.07 Å². The SMILES string of the molecule is CCOc1ccccc1OCC(=O)Nc1cc(C)nn1-c1ccccc1C(F)(F)F. The van der Waals surface area contributed by atoms with E-state index in [1.54, 1.807) is 31.2 Å². The fourth-order valence-electron chi connectivity index (χ4n) is 2.84. The molecule has 1 N–H and O–H groups in total. The van der Waals surface area contributed by atoms with Crippen molar-refractivity contribution in [2.24, 2.45) is 0 Å². The molecule has 1 aromatic heterocycles. The summed E-state index contributed by atoms with van der Waals surface area (Å²) in [7, 11) is 0. The number of hydrogen-bond donors (Lipinski definition) is 1.